The first-order valence-electron chi connectivity index (χ1n) is 10.0. The van der Waals surface area contributed by atoms with Crippen LogP contribution in [0.4, 0.5) is 0 Å². The highest BCUT2D eigenvalue weighted by Gasteiger charge is 2.19. The zero-order valence-electron chi connectivity index (χ0n) is 16.8. The maximum absolute atomic E-state index is 12.6. The Morgan fingerprint density at radius 1 is 1.34 bits per heavy atom. The van der Waals surface area contributed by atoms with Crippen LogP contribution in [0.15, 0.2) is 65.0 Å². The van der Waals surface area contributed by atoms with E-state index in [1.165, 1.54) is 19.0 Å². The molecule has 0 spiro atoms. The molecule has 0 bridgehead atoms. The largest absolute Gasteiger partial charge is 0.481 e. The molecule has 2 aliphatic rings. The van der Waals surface area contributed by atoms with E-state index in [2.05, 4.69) is 27.4 Å². The molecule has 3 rings (SSSR count). The molecule has 0 atom stereocenters. The predicted octanol–water partition coefficient (Wildman–Crippen LogP) is 3.62. The third kappa shape index (κ3) is 6.17. The minimum atomic E-state index is -0.132. The number of nitrogens with zero attached hydrogens (tertiary/aromatic N) is 2. The summed E-state index contributed by atoms with van der Waals surface area (Å²) in [5, 5.41) is 3.09. The van der Waals surface area contributed by atoms with Gasteiger partial charge in [-0.25, -0.2) is 4.98 Å². The van der Waals surface area contributed by atoms with Crippen LogP contribution in [0.1, 0.15) is 48.2 Å². The molecule has 1 fully saturated rings. The van der Waals surface area contributed by atoms with E-state index in [0.717, 1.165) is 36.1 Å². The molecule has 1 saturated carbocycles. The fourth-order valence-electron chi connectivity index (χ4n) is 3.51. The van der Waals surface area contributed by atoms with Crippen molar-refractivity contribution in [1.82, 2.24) is 10.3 Å². The molecule has 0 unspecified atom stereocenters. The minimum Gasteiger partial charge on any atom is -0.481 e. The first kappa shape index (κ1) is 20.6. The summed E-state index contributed by atoms with van der Waals surface area (Å²) in [6.45, 7) is 0. The lowest BCUT2D eigenvalue weighted by Crippen LogP contribution is -2.33. The number of nitrogens with one attached hydrogen (secondary N) is 1. The van der Waals surface area contributed by atoms with E-state index < -0.39 is 0 Å². The first-order valence-corrected chi connectivity index (χ1v) is 10.0. The van der Waals surface area contributed by atoms with Gasteiger partial charge in [0.05, 0.1) is 7.11 Å². The van der Waals surface area contributed by atoms with Crippen LogP contribution in [0, 0.1) is 0 Å². The molecule has 6 nitrogen and oxygen atoms in total. The molecule has 0 aliphatic heterocycles. The lowest BCUT2D eigenvalue weighted by Gasteiger charge is -2.13. The molecule has 6 heteroatoms. The van der Waals surface area contributed by atoms with Gasteiger partial charge in [0.2, 0.25) is 5.88 Å². The zero-order valence-corrected chi connectivity index (χ0v) is 16.8. The van der Waals surface area contributed by atoms with Crippen molar-refractivity contribution >= 4 is 12.1 Å². The van der Waals surface area contributed by atoms with Crippen LogP contribution in [0.25, 0.3) is 0 Å². The average molecular weight is 393 g/mol. The number of nitrogens with two attached hydrogens (primary N) is 1. The van der Waals surface area contributed by atoms with Crippen LogP contribution in [0.5, 0.6) is 5.88 Å². The van der Waals surface area contributed by atoms with Crippen LogP contribution >= 0.6 is 0 Å². The molecular weight excluding hydrogens is 364 g/mol. The van der Waals surface area contributed by atoms with Crippen molar-refractivity contribution in [3.63, 3.8) is 0 Å². The van der Waals surface area contributed by atoms with Crippen molar-refractivity contribution in [2.45, 2.75) is 44.6 Å². The van der Waals surface area contributed by atoms with Crippen molar-refractivity contribution in [3.05, 3.63) is 71.2 Å². The number of amides is 1. The summed E-state index contributed by atoms with van der Waals surface area (Å²) >= 11 is 0. The Bertz CT molecular complexity index is 875. The molecule has 1 amide bonds. The standard InChI is InChI=1S/C23H28N4O2/c1-29-22-16-18(15-21(27-22)23(28)26-20-7-2-3-8-20)14-17-6-4-9-19(11-10-17)25-13-5-12-24/h4-6,10-13,15-16,20H,2-3,7-9,14,24H2,1H3,(H,26,28). The van der Waals surface area contributed by atoms with Crippen molar-refractivity contribution in [2.75, 3.05) is 7.11 Å². The van der Waals surface area contributed by atoms with Gasteiger partial charge in [-0.05, 0) is 54.8 Å². The monoisotopic (exact) mass is 392 g/mol. The summed E-state index contributed by atoms with van der Waals surface area (Å²) in [5.74, 6) is 0.318. The number of hydrogen-bond donors (Lipinski definition) is 2. The second-order valence-corrected chi connectivity index (χ2v) is 7.20. The summed E-state index contributed by atoms with van der Waals surface area (Å²) in [6.07, 6.45) is 18.9. The Morgan fingerprint density at radius 2 is 2.17 bits per heavy atom. The zero-order chi connectivity index (χ0) is 20.5. The number of carbonyl (C=O) groups excluding carboxylic acids is 1. The highest BCUT2D eigenvalue weighted by atomic mass is 16.5. The van der Waals surface area contributed by atoms with Gasteiger partial charge in [-0.1, -0.05) is 31.1 Å². The topological polar surface area (TPSA) is 89.6 Å². The van der Waals surface area contributed by atoms with Gasteiger partial charge in [0.15, 0.2) is 0 Å². The van der Waals surface area contributed by atoms with Crippen molar-refractivity contribution in [3.8, 4) is 5.88 Å². The highest BCUT2D eigenvalue weighted by Crippen LogP contribution is 2.21. The number of pyridine rings is 1. The van der Waals surface area contributed by atoms with Gasteiger partial charge < -0.3 is 15.8 Å². The van der Waals surface area contributed by atoms with E-state index >= 15 is 0 Å². The van der Waals surface area contributed by atoms with Gasteiger partial charge in [0.25, 0.3) is 5.91 Å². The van der Waals surface area contributed by atoms with Crippen LogP contribution in [0.2, 0.25) is 0 Å². The van der Waals surface area contributed by atoms with E-state index in [4.69, 9.17) is 10.5 Å². The number of allylic oxidation sites excluding steroid dienone is 6. The highest BCUT2D eigenvalue weighted by molar-refractivity contribution is 5.92. The lowest BCUT2D eigenvalue weighted by molar-refractivity contribution is 0.0932. The Kier molecular flexibility index (Phi) is 7.39. The molecule has 0 saturated heterocycles. The maximum atomic E-state index is 12.6. The van der Waals surface area contributed by atoms with Crippen LogP contribution < -0.4 is 15.8 Å². The van der Waals surface area contributed by atoms with Gasteiger partial charge >= 0.3 is 0 Å². The number of rotatable bonds is 7. The summed E-state index contributed by atoms with van der Waals surface area (Å²) in [6, 6.07) is 3.98. The van der Waals surface area contributed by atoms with E-state index in [1.807, 2.05) is 24.3 Å². The number of aromatic nitrogens is 1. The van der Waals surface area contributed by atoms with Crippen LogP contribution in [-0.2, 0) is 6.42 Å². The average Bonchev–Trinajstić information content (AvgIpc) is 3.14. The molecule has 1 heterocycles. The molecule has 0 aromatic carbocycles. The summed E-state index contributed by atoms with van der Waals surface area (Å²) in [7, 11) is 1.57. The van der Waals surface area contributed by atoms with Crippen molar-refractivity contribution in [1.29, 1.82) is 0 Å². The Morgan fingerprint density at radius 3 is 2.93 bits per heavy atom. The third-order valence-corrected chi connectivity index (χ3v) is 4.99. The molecule has 0 radical (unpaired) electrons. The number of carbonyl (C=O) groups is 1. The number of aliphatic imine (C=N–C) groups is 1. The van der Waals surface area contributed by atoms with Gasteiger partial charge in [-0.3, -0.25) is 9.79 Å². The van der Waals surface area contributed by atoms with Crippen molar-refractivity contribution < 1.29 is 9.53 Å². The number of hydrogen-bond acceptors (Lipinski definition) is 5. The summed E-state index contributed by atoms with van der Waals surface area (Å²) in [5.41, 5.74) is 8.79. The molecule has 1 aromatic heterocycles. The van der Waals surface area contributed by atoms with Crippen molar-refractivity contribution in [2.24, 2.45) is 10.7 Å². The van der Waals surface area contributed by atoms with E-state index in [0.29, 0.717) is 18.0 Å². The first-order chi connectivity index (χ1) is 14.2. The second-order valence-electron chi connectivity index (χ2n) is 7.20. The number of methoxy groups -OCH3 is 1. The fraction of sp³-hybridized carbons (Fsp3) is 0.348. The molecule has 2 aliphatic carbocycles. The molecule has 152 valence electrons. The van der Waals surface area contributed by atoms with E-state index in [9.17, 15) is 4.79 Å². The SMILES string of the molecule is COc1cc(CC2=CC=C(N=CC=CN)CC=C2)cc(C(=O)NC2CCCC2)n1. The van der Waals surface area contributed by atoms with E-state index in [1.54, 1.807) is 19.4 Å². The molecule has 3 N–H and O–H groups in total. The third-order valence-electron chi connectivity index (χ3n) is 4.99. The normalized spacial score (nSPS) is 17.4. The predicted molar refractivity (Wildman–Crippen MR) is 116 cm³/mol. The summed E-state index contributed by atoms with van der Waals surface area (Å²) < 4.78 is 5.33. The minimum absolute atomic E-state index is 0.132. The summed E-state index contributed by atoms with van der Waals surface area (Å²) in [4.78, 5) is 21.4. The van der Waals surface area contributed by atoms with Gasteiger partial charge in [-0.2, -0.15) is 0 Å². The van der Waals surface area contributed by atoms with Gasteiger partial charge in [0.1, 0.15) is 5.69 Å². The smallest absolute Gasteiger partial charge is 0.270 e. The van der Waals surface area contributed by atoms with Crippen LogP contribution in [-0.4, -0.2) is 30.3 Å². The van der Waals surface area contributed by atoms with Crippen LogP contribution in [0.3, 0.4) is 0 Å². The Labute approximate surface area is 172 Å². The van der Waals surface area contributed by atoms with E-state index in [-0.39, 0.29) is 11.9 Å². The van der Waals surface area contributed by atoms with Gasteiger partial charge in [0, 0.05) is 30.4 Å². The maximum Gasteiger partial charge on any atom is 0.270 e. The fourth-order valence-corrected chi connectivity index (χ4v) is 3.51. The molecular formula is C23H28N4O2. The quantitative estimate of drug-likeness (QED) is 0.694. The molecule has 29 heavy (non-hydrogen) atoms. The Balaban J connectivity index is 1.75. The second kappa shape index (κ2) is 10.4. The lowest BCUT2D eigenvalue weighted by atomic mass is 10.0. The Hall–Kier alpha value is -3.15. The molecule has 1 aromatic rings. The number of ether oxygens (including phenoxy) is 1. The van der Waals surface area contributed by atoms with Gasteiger partial charge in [-0.15, -0.1) is 0 Å².